The molecule has 0 saturated heterocycles. The third-order valence-electron chi connectivity index (χ3n) is 3.20. The number of hydrazine groups is 1. The lowest BCUT2D eigenvalue weighted by Gasteiger charge is -2.06. The fourth-order valence-corrected chi connectivity index (χ4v) is 2.40. The largest absolute Gasteiger partial charge is 0.494 e. The number of aromatic nitrogens is 2. The Hall–Kier alpha value is -1.72. The molecule has 0 unspecified atom stereocenters. The van der Waals surface area contributed by atoms with Crippen LogP contribution in [-0.4, -0.2) is 33.6 Å². The van der Waals surface area contributed by atoms with Crippen molar-refractivity contribution in [3.63, 3.8) is 0 Å². The van der Waals surface area contributed by atoms with E-state index in [1.165, 1.54) is 19.2 Å². The summed E-state index contributed by atoms with van der Waals surface area (Å²) in [5.74, 6) is 5.68. The van der Waals surface area contributed by atoms with Crippen molar-refractivity contribution < 1.29 is 18.9 Å². The molecular weight excluding hydrogens is 337 g/mol. The van der Waals surface area contributed by atoms with Crippen molar-refractivity contribution in [2.75, 3.05) is 13.7 Å². The molecule has 1 aromatic carbocycles. The van der Waals surface area contributed by atoms with Gasteiger partial charge in [-0.1, -0.05) is 16.2 Å². The van der Waals surface area contributed by atoms with E-state index in [1.807, 2.05) is 0 Å². The van der Waals surface area contributed by atoms with E-state index in [-0.39, 0.29) is 5.75 Å². The molecule has 2 rings (SSSR count). The maximum atomic E-state index is 13.4. The summed E-state index contributed by atoms with van der Waals surface area (Å²) >= 11 is 0.929. The average Bonchev–Trinajstić information content (AvgIpc) is 3.03. The highest BCUT2D eigenvalue weighted by molar-refractivity contribution is 7.94. The third-order valence-corrected chi connectivity index (χ3v) is 3.73. The Labute approximate surface area is 143 Å². The molecule has 0 aliphatic heterocycles. The maximum absolute atomic E-state index is 13.4. The van der Waals surface area contributed by atoms with Crippen LogP contribution in [0.1, 0.15) is 25.2 Å². The van der Waals surface area contributed by atoms with Crippen LogP contribution in [0.4, 0.5) is 4.39 Å². The van der Waals surface area contributed by atoms with Crippen molar-refractivity contribution in [2.45, 2.75) is 25.7 Å². The zero-order valence-electron chi connectivity index (χ0n) is 13.2. The summed E-state index contributed by atoms with van der Waals surface area (Å²) in [6.45, 7) is 0.726. The molecule has 0 aliphatic rings. The molecule has 0 atom stereocenters. The number of ether oxygens (including phenoxy) is 1. The highest BCUT2D eigenvalue weighted by atomic mass is 32.2. The van der Waals surface area contributed by atoms with Crippen LogP contribution in [0.25, 0.3) is 11.4 Å². The van der Waals surface area contributed by atoms with Crippen molar-refractivity contribution in [3.8, 4) is 17.1 Å². The maximum Gasteiger partial charge on any atom is 0.226 e. The van der Waals surface area contributed by atoms with Crippen LogP contribution in [0.5, 0.6) is 5.75 Å². The number of methoxy groups -OCH3 is 1. The van der Waals surface area contributed by atoms with Crippen LogP contribution >= 0.6 is 12.1 Å². The van der Waals surface area contributed by atoms with E-state index in [0.29, 0.717) is 28.3 Å². The van der Waals surface area contributed by atoms with Gasteiger partial charge in [0.2, 0.25) is 11.7 Å². The number of benzene rings is 1. The number of hydrogen-bond donors (Lipinski definition) is 3. The van der Waals surface area contributed by atoms with E-state index >= 15 is 0 Å². The second-order valence-corrected chi connectivity index (χ2v) is 5.81. The van der Waals surface area contributed by atoms with Gasteiger partial charge in [-0.15, -0.1) is 0 Å². The summed E-state index contributed by atoms with van der Waals surface area (Å²) in [6, 6.07) is 4.43. The van der Waals surface area contributed by atoms with Gasteiger partial charge >= 0.3 is 0 Å². The predicted octanol–water partition coefficient (Wildman–Crippen LogP) is 2.31. The molecule has 0 bridgehead atoms. The minimum Gasteiger partial charge on any atom is -0.494 e. The lowest BCUT2D eigenvalue weighted by atomic mass is 10.2. The molecule has 0 amide bonds. The van der Waals surface area contributed by atoms with E-state index in [1.54, 1.807) is 6.07 Å². The Morgan fingerprint density at radius 3 is 3.00 bits per heavy atom. The second kappa shape index (κ2) is 9.55. The Bertz CT molecular complexity index is 641. The van der Waals surface area contributed by atoms with Crippen LogP contribution in [0.3, 0.4) is 0 Å². The number of rotatable bonds is 10. The first-order valence-corrected chi connectivity index (χ1v) is 8.17. The van der Waals surface area contributed by atoms with Gasteiger partial charge < -0.3 is 9.26 Å². The normalized spacial score (nSPS) is 11.2. The van der Waals surface area contributed by atoms with Crippen LogP contribution in [0, 0.1) is 5.82 Å². The smallest absolute Gasteiger partial charge is 0.226 e. The third kappa shape index (κ3) is 5.73. The topological polar surface area (TPSA) is 110 Å². The van der Waals surface area contributed by atoms with Crippen molar-refractivity contribution in [1.29, 1.82) is 0 Å². The van der Waals surface area contributed by atoms with Gasteiger partial charge in [0.05, 0.1) is 19.2 Å². The zero-order valence-corrected chi connectivity index (χ0v) is 14.1. The number of aryl methyl sites for hydroxylation is 1. The minimum absolute atomic E-state index is 0.142. The molecule has 10 heteroatoms. The average molecular weight is 357 g/mol. The van der Waals surface area contributed by atoms with Gasteiger partial charge in [0, 0.05) is 18.5 Å². The van der Waals surface area contributed by atoms with Gasteiger partial charge in [0.25, 0.3) is 0 Å². The number of halogens is 1. The van der Waals surface area contributed by atoms with Gasteiger partial charge in [0.15, 0.2) is 11.6 Å². The lowest BCUT2D eigenvalue weighted by molar-refractivity contribution is 0.0154. The van der Waals surface area contributed by atoms with Crippen molar-refractivity contribution >= 4 is 12.1 Å². The van der Waals surface area contributed by atoms with Gasteiger partial charge in [-0.2, -0.15) is 4.98 Å². The molecule has 24 heavy (non-hydrogen) atoms. The van der Waals surface area contributed by atoms with E-state index < -0.39 is 5.82 Å². The molecule has 2 aromatic rings. The van der Waals surface area contributed by atoms with Crippen molar-refractivity contribution in [3.05, 3.63) is 29.9 Å². The summed E-state index contributed by atoms with van der Waals surface area (Å²) < 4.78 is 27.0. The number of nitrogens with one attached hydrogen (secondary N) is 1. The van der Waals surface area contributed by atoms with Gasteiger partial charge in [-0.25, -0.2) is 15.0 Å². The fourth-order valence-electron chi connectivity index (χ4n) is 2.03. The number of nitrogens with zero attached hydrogens (tertiary/aromatic N) is 3. The molecule has 0 spiro atoms. The number of unbranched alkanes of at least 4 members (excludes halogenated alkanes) is 2. The fraction of sp³-hybridized carbons (Fsp3) is 0.429. The molecule has 0 aliphatic carbocycles. The van der Waals surface area contributed by atoms with Gasteiger partial charge in [0.1, 0.15) is 0 Å². The molecule has 132 valence electrons. The number of nitrogens with two attached hydrogens (primary N) is 1. The van der Waals surface area contributed by atoms with Crippen LogP contribution in [0.15, 0.2) is 22.7 Å². The SMILES string of the molecule is COc1cc(-c2noc(CCCCCNSN(N)O)n2)ccc1F. The molecule has 8 nitrogen and oxygen atoms in total. The molecular formula is C14H20FN5O3S. The molecule has 0 radical (unpaired) electrons. The second-order valence-electron chi connectivity index (χ2n) is 4.96. The van der Waals surface area contributed by atoms with Gasteiger partial charge in [-0.05, 0) is 31.0 Å². The number of hydrogen-bond acceptors (Lipinski definition) is 9. The first-order chi connectivity index (χ1) is 11.6. The van der Waals surface area contributed by atoms with Crippen molar-refractivity contribution in [2.24, 2.45) is 5.84 Å². The van der Waals surface area contributed by atoms with Crippen LogP contribution in [0.2, 0.25) is 0 Å². The molecule has 0 fully saturated rings. The van der Waals surface area contributed by atoms with Gasteiger partial charge in [-0.3, -0.25) is 5.21 Å². The van der Waals surface area contributed by atoms with E-state index in [2.05, 4.69) is 14.9 Å². The summed E-state index contributed by atoms with van der Waals surface area (Å²) in [5.41, 5.74) is 0.639. The minimum atomic E-state index is -0.435. The summed E-state index contributed by atoms with van der Waals surface area (Å²) in [4.78, 5) is 4.31. The summed E-state index contributed by atoms with van der Waals surface area (Å²) in [6.07, 6.45) is 3.45. The monoisotopic (exact) mass is 357 g/mol. The zero-order chi connectivity index (χ0) is 17.4. The predicted molar refractivity (Wildman–Crippen MR) is 87.2 cm³/mol. The van der Waals surface area contributed by atoms with Crippen LogP contribution in [-0.2, 0) is 6.42 Å². The Balaban J connectivity index is 1.77. The Morgan fingerprint density at radius 1 is 1.42 bits per heavy atom. The molecule has 1 aromatic heterocycles. The molecule has 1 heterocycles. The lowest BCUT2D eigenvalue weighted by Crippen LogP contribution is -2.24. The van der Waals surface area contributed by atoms with E-state index in [4.69, 9.17) is 20.3 Å². The quantitative estimate of drug-likeness (QED) is 0.255. The molecule has 4 N–H and O–H groups in total. The Morgan fingerprint density at radius 2 is 2.25 bits per heavy atom. The standard InChI is InChI=1S/C14H20FN5O3S/c1-22-12-9-10(6-7-11(12)15)14-18-13(23-19-14)5-3-2-4-8-17-24-20(16)21/h6-7,9,17,21H,2-5,8,16H2,1H3. The van der Waals surface area contributed by atoms with Crippen LogP contribution < -0.4 is 15.3 Å². The Kier molecular flexibility index (Phi) is 7.40. The molecule has 0 saturated carbocycles. The van der Waals surface area contributed by atoms with E-state index in [9.17, 15) is 4.39 Å². The first kappa shape index (κ1) is 18.6. The summed E-state index contributed by atoms with van der Waals surface area (Å²) in [5, 5.41) is 12.6. The first-order valence-electron chi connectivity index (χ1n) is 7.40. The summed E-state index contributed by atoms with van der Waals surface area (Å²) in [7, 11) is 1.41. The highest BCUT2D eigenvalue weighted by Crippen LogP contribution is 2.24. The van der Waals surface area contributed by atoms with E-state index in [0.717, 1.165) is 37.9 Å². The van der Waals surface area contributed by atoms with Crippen molar-refractivity contribution in [1.82, 2.24) is 19.4 Å². The highest BCUT2D eigenvalue weighted by Gasteiger charge is 2.11.